The van der Waals surface area contributed by atoms with Crippen LogP contribution in [0.4, 0.5) is 8.78 Å². The lowest BCUT2D eigenvalue weighted by Gasteiger charge is -2.25. The number of hydrogen-bond donors (Lipinski definition) is 2. The lowest BCUT2D eigenvalue weighted by Crippen LogP contribution is -2.21. The highest BCUT2D eigenvalue weighted by Crippen LogP contribution is 2.41. The summed E-state index contributed by atoms with van der Waals surface area (Å²) in [6, 6.07) is 4.86. The van der Waals surface area contributed by atoms with Crippen LogP contribution in [0.3, 0.4) is 0 Å². The number of methoxy groups -OCH3 is 1. The summed E-state index contributed by atoms with van der Waals surface area (Å²) < 4.78 is 36.0. The van der Waals surface area contributed by atoms with E-state index in [1.54, 1.807) is 18.6 Å². The van der Waals surface area contributed by atoms with Gasteiger partial charge in [-0.3, -0.25) is 9.07 Å². The first-order valence-electron chi connectivity index (χ1n) is 11.3. The number of aromatic nitrogens is 4. The minimum atomic E-state index is -0.833. The van der Waals surface area contributed by atoms with Crippen LogP contribution >= 0.6 is 11.6 Å². The van der Waals surface area contributed by atoms with Gasteiger partial charge >= 0.3 is 0 Å². The molecule has 5 rings (SSSR count). The van der Waals surface area contributed by atoms with E-state index in [2.05, 4.69) is 15.1 Å². The van der Waals surface area contributed by atoms with Gasteiger partial charge in [-0.15, -0.1) is 0 Å². The van der Waals surface area contributed by atoms with Crippen molar-refractivity contribution < 1.29 is 18.6 Å². The lowest BCUT2D eigenvalue weighted by atomic mass is 9.91. The molecule has 1 aliphatic rings. The van der Waals surface area contributed by atoms with Gasteiger partial charge in [0.1, 0.15) is 23.9 Å². The predicted molar refractivity (Wildman–Crippen MR) is 127 cm³/mol. The molecule has 1 unspecified atom stereocenters. The number of pyridine rings is 1. The average Bonchev–Trinajstić information content (AvgIpc) is 3.50. The van der Waals surface area contributed by atoms with Crippen LogP contribution in [0.5, 0.6) is 5.75 Å². The van der Waals surface area contributed by atoms with Gasteiger partial charge in [-0.1, -0.05) is 11.6 Å². The van der Waals surface area contributed by atoms with Gasteiger partial charge in [0.15, 0.2) is 0 Å². The zero-order valence-corrected chi connectivity index (χ0v) is 19.4. The molecule has 0 radical (unpaired) electrons. The Balaban J connectivity index is 1.53. The Kier molecular flexibility index (Phi) is 6.27. The second-order valence-electron chi connectivity index (χ2n) is 8.72. The number of ether oxygens (including phenoxy) is 1. The Bertz CT molecular complexity index is 1310. The van der Waals surface area contributed by atoms with Gasteiger partial charge in [0.2, 0.25) is 0 Å². The van der Waals surface area contributed by atoms with E-state index < -0.39 is 18.4 Å². The summed E-state index contributed by atoms with van der Waals surface area (Å²) in [6.45, 7) is -0.790. The van der Waals surface area contributed by atoms with Crippen LogP contribution in [-0.2, 0) is 0 Å². The van der Waals surface area contributed by atoms with Crippen molar-refractivity contribution >= 4 is 22.6 Å². The van der Waals surface area contributed by atoms with Crippen molar-refractivity contribution in [2.75, 3.05) is 13.8 Å². The van der Waals surface area contributed by atoms with Crippen LogP contribution in [0.15, 0.2) is 43.0 Å². The number of halogens is 3. The number of H-pyrrole nitrogens is 1. The van der Waals surface area contributed by atoms with E-state index >= 15 is 0 Å². The van der Waals surface area contributed by atoms with Crippen molar-refractivity contribution in [3.8, 4) is 16.9 Å². The van der Waals surface area contributed by atoms with Crippen LogP contribution in [0.25, 0.3) is 22.2 Å². The standard InChI is InChI=1S/C25H25ClF2N4O2/c1-34-22-7-6-21(28)24(26)23(22)19(9-27)20-12-30-25-18(20)8-14(10-29-25)15-11-31-32(13-15)16-2-4-17(33)5-3-16/h6-8,10-13,16-17,19,33H,2-5,9H2,1H3,(H,29,30). The minimum Gasteiger partial charge on any atom is -0.496 e. The first-order chi connectivity index (χ1) is 16.5. The fraction of sp³-hybridized carbons (Fsp3) is 0.360. The highest BCUT2D eigenvalue weighted by Gasteiger charge is 2.27. The number of aromatic amines is 1. The van der Waals surface area contributed by atoms with E-state index in [9.17, 15) is 13.9 Å². The monoisotopic (exact) mass is 486 g/mol. The van der Waals surface area contributed by atoms with Crippen LogP contribution < -0.4 is 4.74 Å². The third kappa shape index (κ3) is 4.05. The van der Waals surface area contributed by atoms with Crippen LogP contribution in [0.1, 0.15) is 48.8 Å². The molecule has 1 aromatic carbocycles. The first kappa shape index (κ1) is 22.8. The average molecular weight is 487 g/mol. The summed E-state index contributed by atoms with van der Waals surface area (Å²) >= 11 is 6.26. The molecule has 6 nitrogen and oxygen atoms in total. The Morgan fingerprint density at radius 2 is 2.03 bits per heavy atom. The molecular formula is C25H25ClF2N4O2. The van der Waals surface area contributed by atoms with Crippen molar-refractivity contribution in [2.45, 2.75) is 43.7 Å². The van der Waals surface area contributed by atoms with Gasteiger partial charge in [-0.25, -0.2) is 9.37 Å². The van der Waals surface area contributed by atoms with Gasteiger partial charge in [0.25, 0.3) is 0 Å². The summed E-state index contributed by atoms with van der Waals surface area (Å²) in [5.41, 5.74) is 3.21. The van der Waals surface area contributed by atoms with Gasteiger partial charge in [-0.05, 0) is 49.4 Å². The van der Waals surface area contributed by atoms with E-state index in [1.807, 2.05) is 16.9 Å². The maximum atomic E-state index is 14.4. The predicted octanol–water partition coefficient (Wildman–Crippen LogP) is 5.80. The Labute approximate surface area is 200 Å². The van der Waals surface area contributed by atoms with Crippen molar-refractivity contribution in [2.24, 2.45) is 0 Å². The molecule has 0 saturated heterocycles. The molecule has 0 aliphatic heterocycles. The highest BCUT2D eigenvalue weighted by molar-refractivity contribution is 6.31. The number of aliphatic hydroxyl groups is 1. The third-order valence-corrected chi connectivity index (χ3v) is 7.11. The number of fused-ring (bicyclic) bond motifs is 1. The van der Waals surface area contributed by atoms with E-state index in [0.29, 0.717) is 17.0 Å². The van der Waals surface area contributed by atoms with Gasteiger partial charge in [-0.2, -0.15) is 5.10 Å². The smallest absolute Gasteiger partial charge is 0.142 e. The molecule has 0 spiro atoms. The second-order valence-corrected chi connectivity index (χ2v) is 9.10. The molecule has 1 aliphatic carbocycles. The van der Waals surface area contributed by atoms with Crippen molar-refractivity contribution in [1.29, 1.82) is 0 Å². The molecule has 0 bridgehead atoms. The molecule has 0 amide bonds. The molecule has 1 atom stereocenters. The van der Waals surface area contributed by atoms with Crippen molar-refractivity contribution in [1.82, 2.24) is 19.7 Å². The molecule has 1 fully saturated rings. The van der Waals surface area contributed by atoms with Gasteiger partial charge in [0.05, 0.1) is 30.5 Å². The van der Waals surface area contributed by atoms with Gasteiger partial charge in [0, 0.05) is 46.6 Å². The molecule has 178 valence electrons. The zero-order valence-electron chi connectivity index (χ0n) is 18.6. The first-order valence-corrected chi connectivity index (χ1v) is 11.7. The molecule has 3 heterocycles. The Morgan fingerprint density at radius 1 is 1.24 bits per heavy atom. The second kappa shape index (κ2) is 9.35. The van der Waals surface area contributed by atoms with E-state index in [1.165, 1.54) is 19.2 Å². The van der Waals surface area contributed by atoms with Crippen LogP contribution in [-0.4, -0.2) is 44.7 Å². The molecule has 1 saturated carbocycles. The largest absolute Gasteiger partial charge is 0.496 e. The quantitative estimate of drug-likeness (QED) is 0.361. The Hall–Kier alpha value is -2.97. The number of rotatable bonds is 6. The summed E-state index contributed by atoms with van der Waals surface area (Å²) in [4.78, 5) is 7.60. The lowest BCUT2D eigenvalue weighted by molar-refractivity contribution is 0.108. The van der Waals surface area contributed by atoms with Crippen molar-refractivity contribution in [3.05, 3.63) is 65.0 Å². The summed E-state index contributed by atoms with van der Waals surface area (Å²) in [6.07, 6.45) is 10.3. The van der Waals surface area contributed by atoms with Crippen LogP contribution in [0, 0.1) is 5.82 Å². The molecule has 34 heavy (non-hydrogen) atoms. The SMILES string of the molecule is COc1ccc(F)c(Cl)c1C(CF)c1c[nH]c2ncc(-c3cnn(C4CCC(O)CC4)c3)cc12. The number of nitrogens with zero attached hydrogens (tertiary/aromatic N) is 3. The van der Waals surface area contributed by atoms with E-state index in [4.69, 9.17) is 16.3 Å². The summed E-state index contributed by atoms with van der Waals surface area (Å²) in [5, 5.41) is 14.9. The van der Waals surface area contributed by atoms with Crippen LogP contribution in [0.2, 0.25) is 5.02 Å². The van der Waals surface area contributed by atoms with E-state index in [0.717, 1.165) is 42.2 Å². The molecule has 9 heteroatoms. The summed E-state index contributed by atoms with van der Waals surface area (Å²) in [5.74, 6) is -1.14. The fourth-order valence-electron chi connectivity index (χ4n) is 4.85. The van der Waals surface area contributed by atoms with Gasteiger partial charge < -0.3 is 14.8 Å². The molecular weight excluding hydrogens is 462 g/mol. The van der Waals surface area contributed by atoms with E-state index in [-0.39, 0.29) is 22.7 Å². The topological polar surface area (TPSA) is 76.0 Å². The number of aliphatic hydroxyl groups excluding tert-OH is 1. The maximum Gasteiger partial charge on any atom is 0.142 e. The number of alkyl halides is 1. The third-order valence-electron chi connectivity index (χ3n) is 6.73. The Morgan fingerprint density at radius 3 is 2.76 bits per heavy atom. The molecule has 2 N–H and O–H groups in total. The normalized spacial score (nSPS) is 19.4. The minimum absolute atomic E-state index is 0.153. The molecule has 3 aromatic heterocycles. The highest BCUT2D eigenvalue weighted by atomic mass is 35.5. The number of nitrogens with one attached hydrogen (secondary N) is 1. The fourth-order valence-corrected chi connectivity index (χ4v) is 5.13. The zero-order chi connectivity index (χ0) is 23.8. The number of hydrogen-bond acceptors (Lipinski definition) is 4. The van der Waals surface area contributed by atoms with Crippen molar-refractivity contribution in [3.63, 3.8) is 0 Å². The molecule has 4 aromatic rings. The summed E-state index contributed by atoms with van der Waals surface area (Å²) in [7, 11) is 1.45. The number of benzene rings is 1. The maximum absolute atomic E-state index is 14.4.